The fraction of sp³-hybridized carbons (Fsp3) is 0.455. The highest BCUT2D eigenvalue weighted by Gasteiger charge is 2.25. The van der Waals surface area contributed by atoms with Gasteiger partial charge in [0.2, 0.25) is 10.0 Å². The number of hydrogen-bond acceptors (Lipinski definition) is 3. The van der Waals surface area contributed by atoms with E-state index in [1.165, 1.54) is 12.1 Å². The molecule has 1 aromatic rings. The van der Waals surface area contributed by atoms with E-state index < -0.39 is 15.6 Å². The second-order valence-corrected chi connectivity index (χ2v) is 7.20. The Morgan fingerprint density at radius 3 is 2.05 bits per heavy atom. The highest BCUT2D eigenvalue weighted by atomic mass is 35.5. The average molecular weight is 348 g/mol. The van der Waals surface area contributed by atoms with Crippen molar-refractivity contribution in [3.8, 4) is 0 Å². The van der Waals surface area contributed by atoms with Crippen molar-refractivity contribution < 1.29 is 8.42 Å². The lowest BCUT2D eigenvalue weighted by Gasteiger charge is -2.24. The van der Waals surface area contributed by atoms with Crippen LogP contribution in [0.4, 0.5) is 0 Å². The van der Waals surface area contributed by atoms with Gasteiger partial charge in [-0.1, -0.05) is 23.2 Å². The quantitative estimate of drug-likeness (QED) is 0.879. The van der Waals surface area contributed by atoms with E-state index in [4.69, 9.17) is 28.9 Å². The monoisotopic (exact) mass is 346 g/mol. The summed E-state index contributed by atoms with van der Waals surface area (Å²) in [6.07, 6.45) is 0. The zero-order chi connectivity index (χ0) is 14.1. The molecular weight excluding hydrogens is 331 g/mol. The minimum absolute atomic E-state index is 0. The highest BCUT2D eigenvalue weighted by molar-refractivity contribution is 7.89. The number of rotatable bonds is 4. The highest BCUT2D eigenvalue weighted by Crippen LogP contribution is 2.28. The van der Waals surface area contributed by atoms with Crippen molar-refractivity contribution in [3.05, 3.63) is 27.7 Å². The van der Waals surface area contributed by atoms with Crippen LogP contribution in [0.1, 0.15) is 19.4 Å². The van der Waals surface area contributed by atoms with Crippen LogP contribution in [0.25, 0.3) is 0 Å². The molecule has 0 saturated carbocycles. The first kappa shape index (κ1) is 19.0. The number of benzene rings is 1. The van der Waals surface area contributed by atoms with E-state index >= 15 is 0 Å². The molecule has 0 fully saturated rings. The Morgan fingerprint density at radius 1 is 1.26 bits per heavy atom. The van der Waals surface area contributed by atoms with E-state index in [2.05, 4.69) is 4.72 Å². The standard InChI is InChI=1S/C11H16Cl2N2O2S.ClH/c1-7-9(12)4-8(5-10(7)13)18(16,17)15-11(2,3)6-14;/h4-5,15H,6,14H2,1-3H3;1H. The number of nitrogens with one attached hydrogen (secondary N) is 1. The average Bonchev–Trinajstić information content (AvgIpc) is 2.23. The lowest BCUT2D eigenvalue weighted by atomic mass is 10.1. The summed E-state index contributed by atoms with van der Waals surface area (Å²) in [6.45, 7) is 5.29. The maximum absolute atomic E-state index is 12.1. The predicted octanol–water partition coefficient (Wildman–Crippen LogP) is 2.74. The molecule has 8 heteroatoms. The Bertz CT molecular complexity index is 536. The summed E-state index contributed by atoms with van der Waals surface area (Å²) in [6, 6.07) is 2.75. The number of hydrogen-bond donors (Lipinski definition) is 2. The van der Waals surface area contributed by atoms with Crippen molar-refractivity contribution in [3.63, 3.8) is 0 Å². The van der Waals surface area contributed by atoms with Gasteiger partial charge < -0.3 is 5.73 Å². The molecule has 0 heterocycles. The van der Waals surface area contributed by atoms with E-state index in [0.717, 1.165) is 0 Å². The number of sulfonamides is 1. The third kappa shape index (κ3) is 4.77. The van der Waals surface area contributed by atoms with Crippen LogP contribution in [0, 0.1) is 6.92 Å². The van der Waals surface area contributed by atoms with Gasteiger partial charge in [-0.25, -0.2) is 13.1 Å². The van der Waals surface area contributed by atoms with Crippen molar-refractivity contribution in [1.82, 2.24) is 4.72 Å². The van der Waals surface area contributed by atoms with Gasteiger partial charge in [-0.3, -0.25) is 0 Å². The summed E-state index contributed by atoms with van der Waals surface area (Å²) in [5.74, 6) is 0. The molecule has 0 unspecified atom stereocenters. The molecular formula is C11H17Cl3N2O2S. The van der Waals surface area contributed by atoms with Crippen LogP contribution >= 0.6 is 35.6 Å². The van der Waals surface area contributed by atoms with Crippen molar-refractivity contribution in [2.45, 2.75) is 31.2 Å². The van der Waals surface area contributed by atoms with Gasteiger partial charge in [-0.2, -0.15) is 0 Å². The molecule has 0 aliphatic heterocycles. The SMILES string of the molecule is Cc1c(Cl)cc(S(=O)(=O)NC(C)(C)CN)cc1Cl.Cl. The molecule has 110 valence electrons. The van der Waals surface area contributed by atoms with Gasteiger partial charge in [-0.05, 0) is 38.5 Å². The molecule has 0 radical (unpaired) electrons. The Balaban J connectivity index is 0.00000324. The van der Waals surface area contributed by atoms with Gasteiger partial charge in [0.05, 0.1) is 4.90 Å². The van der Waals surface area contributed by atoms with Crippen LogP contribution < -0.4 is 10.5 Å². The lowest BCUT2D eigenvalue weighted by molar-refractivity contribution is 0.462. The Labute approximate surface area is 130 Å². The molecule has 0 atom stereocenters. The molecule has 1 aromatic carbocycles. The summed E-state index contributed by atoms with van der Waals surface area (Å²) in [5.41, 5.74) is 5.41. The fourth-order valence-electron chi connectivity index (χ4n) is 1.24. The first-order valence-electron chi connectivity index (χ1n) is 5.29. The normalized spacial score (nSPS) is 12.1. The molecule has 3 N–H and O–H groups in total. The van der Waals surface area contributed by atoms with Gasteiger partial charge in [0.1, 0.15) is 0 Å². The van der Waals surface area contributed by atoms with E-state index in [1.54, 1.807) is 20.8 Å². The van der Waals surface area contributed by atoms with E-state index in [9.17, 15) is 8.42 Å². The minimum atomic E-state index is -3.69. The van der Waals surface area contributed by atoms with Crippen molar-refractivity contribution in [2.24, 2.45) is 5.73 Å². The molecule has 19 heavy (non-hydrogen) atoms. The second-order valence-electron chi connectivity index (χ2n) is 4.71. The van der Waals surface area contributed by atoms with E-state index in [1.807, 2.05) is 0 Å². The van der Waals surface area contributed by atoms with Gasteiger partial charge >= 0.3 is 0 Å². The molecule has 0 saturated heterocycles. The third-order valence-corrected chi connectivity index (χ3v) is 4.95. The largest absolute Gasteiger partial charge is 0.329 e. The molecule has 4 nitrogen and oxygen atoms in total. The van der Waals surface area contributed by atoms with E-state index in [0.29, 0.717) is 15.6 Å². The molecule has 0 bridgehead atoms. The van der Waals surface area contributed by atoms with Gasteiger partial charge in [-0.15, -0.1) is 12.4 Å². The van der Waals surface area contributed by atoms with Gasteiger partial charge in [0.25, 0.3) is 0 Å². The summed E-state index contributed by atoms with van der Waals surface area (Å²) in [4.78, 5) is 0.0321. The maximum atomic E-state index is 12.1. The molecule has 0 aliphatic rings. The van der Waals surface area contributed by atoms with Crippen molar-refractivity contribution in [1.29, 1.82) is 0 Å². The van der Waals surface area contributed by atoms with Crippen LogP contribution in [0.3, 0.4) is 0 Å². The van der Waals surface area contributed by atoms with Crippen LogP contribution in [-0.4, -0.2) is 20.5 Å². The van der Waals surface area contributed by atoms with E-state index in [-0.39, 0.29) is 23.8 Å². The fourth-order valence-corrected chi connectivity index (χ4v) is 3.33. The maximum Gasteiger partial charge on any atom is 0.241 e. The van der Waals surface area contributed by atoms with Crippen LogP contribution in [0.15, 0.2) is 17.0 Å². The lowest BCUT2D eigenvalue weighted by Crippen LogP contribution is -2.48. The van der Waals surface area contributed by atoms with Crippen LogP contribution in [0.5, 0.6) is 0 Å². The molecule has 0 aromatic heterocycles. The predicted molar refractivity (Wildman–Crippen MR) is 81.9 cm³/mol. The van der Waals surface area contributed by atoms with Crippen LogP contribution in [0.2, 0.25) is 10.0 Å². The molecule has 1 rings (SSSR count). The minimum Gasteiger partial charge on any atom is -0.329 e. The molecule has 0 aliphatic carbocycles. The third-order valence-electron chi connectivity index (χ3n) is 2.49. The van der Waals surface area contributed by atoms with Crippen molar-refractivity contribution >= 4 is 45.6 Å². The van der Waals surface area contributed by atoms with Gasteiger partial charge in [0.15, 0.2) is 0 Å². The first-order chi connectivity index (χ1) is 8.09. The zero-order valence-corrected chi connectivity index (χ0v) is 14.0. The number of halogens is 3. The second kappa shape index (κ2) is 6.61. The summed E-state index contributed by atoms with van der Waals surface area (Å²) >= 11 is 11.9. The van der Waals surface area contributed by atoms with Gasteiger partial charge in [0, 0.05) is 22.1 Å². The Hall–Kier alpha value is -0.0400. The number of nitrogens with two attached hydrogens (primary N) is 1. The zero-order valence-electron chi connectivity index (χ0n) is 10.8. The van der Waals surface area contributed by atoms with Crippen LogP contribution in [-0.2, 0) is 10.0 Å². The summed E-state index contributed by atoms with van der Waals surface area (Å²) in [5, 5.41) is 0.627. The topological polar surface area (TPSA) is 72.2 Å². The Morgan fingerprint density at radius 2 is 1.68 bits per heavy atom. The molecule has 0 spiro atoms. The van der Waals surface area contributed by atoms with Crippen molar-refractivity contribution in [2.75, 3.05) is 6.54 Å². The smallest absolute Gasteiger partial charge is 0.241 e. The summed E-state index contributed by atoms with van der Waals surface area (Å²) < 4.78 is 26.8. The first-order valence-corrected chi connectivity index (χ1v) is 7.53. The molecule has 0 amide bonds. The Kier molecular flexibility index (Phi) is 6.59. The summed E-state index contributed by atoms with van der Waals surface area (Å²) in [7, 11) is -3.69.